The standard InChI is InChI=1S/C23H25N3O4S/c1-14-24-18-6-5-17(12-21(18)31-14)25-23(28)16-11-22(27)26(13-16)9-8-15-4-7-19(29-2)20(10-15)30-3/h4-7,10,12,16H,8-9,11,13H2,1-3H3,(H,25,28)/t16-/m0/s1. The maximum absolute atomic E-state index is 12.7. The van der Waals surface area contributed by atoms with Gasteiger partial charge in [0.05, 0.1) is 35.4 Å². The molecule has 1 aliphatic rings. The number of nitrogens with zero attached hydrogens (tertiary/aromatic N) is 2. The minimum atomic E-state index is -0.350. The van der Waals surface area contributed by atoms with Gasteiger partial charge in [-0.05, 0) is 49.2 Å². The largest absolute Gasteiger partial charge is 0.493 e. The molecule has 0 aliphatic carbocycles. The molecule has 2 aromatic carbocycles. The number of aryl methyl sites for hydroxylation is 1. The number of hydrogen-bond acceptors (Lipinski definition) is 6. The highest BCUT2D eigenvalue weighted by Crippen LogP contribution is 2.29. The fraction of sp³-hybridized carbons (Fsp3) is 0.348. The zero-order valence-corrected chi connectivity index (χ0v) is 18.6. The molecule has 162 valence electrons. The maximum atomic E-state index is 12.7. The zero-order chi connectivity index (χ0) is 22.0. The molecule has 3 aromatic rings. The van der Waals surface area contributed by atoms with Crippen molar-refractivity contribution in [1.82, 2.24) is 9.88 Å². The van der Waals surface area contributed by atoms with Crippen LogP contribution in [0.3, 0.4) is 0 Å². The second-order valence-corrected chi connectivity index (χ2v) is 8.82. The summed E-state index contributed by atoms with van der Waals surface area (Å²) in [6.45, 7) is 2.95. The lowest BCUT2D eigenvalue weighted by Crippen LogP contribution is -2.30. The van der Waals surface area contributed by atoms with Crippen LogP contribution in [0.15, 0.2) is 36.4 Å². The predicted molar refractivity (Wildman–Crippen MR) is 121 cm³/mol. The van der Waals surface area contributed by atoms with Gasteiger partial charge >= 0.3 is 0 Å². The predicted octanol–water partition coefficient (Wildman–Crippen LogP) is 3.65. The number of ether oxygens (including phenoxy) is 2. The van der Waals surface area contributed by atoms with Crippen molar-refractivity contribution in [3.05, 3.63) is 47.0 Å². The van der Waals surface area contributed by atoms with Gasteiger partial charge in [0.2, 0.25) is 11.8 Å². The van der Waals surface area contributed by atoms with Crippen LogP contribution in [0.5, 0.6) is 11.5 Å². The SMILES string of the molecule is COc1ccc(CCN2C[C@@H](C(=O)Nc3ccc4nc(C)sc4c3)CC2=O)cc1OC. The van der Waals surface area contributed by atoms with E-state index in [-0.39, 0.29) is 24.2 Å². The average Bonchev–Trinajstić information content (AvgIpc) is 3.32. The van der Waals surface area contributed by atoms with Crippen LogP contribution in [0.25, 0.3) is 10.2 Å². The summed E-state index contributed by atoms with van der Waals surface area (Å²) in [7, 11) is 3.20. The van der Waals surface area contributed by atoms with Gasteiger partial charge in [-0.25, -0.2) is 4.98 Å². The Bertz CT molecular complexity index is 1130. The van der Waals surface area contributed by atoms with Crippen molar-refractivity contribution in [3.8, 4) is 11.5 Å². The highest BCUT2D eigenvalue weighted by Gasteiger charge is 2.34. The Labute approximate surface area is 185 Å². The molecule has 1 aliphatic heterocycles. The molecule has 0 unspecified atom stereocenters. The molecule has 4 rings (SSSR count). The van der Waals surface area contributed by atoms with Crippen LogP contribution in [0.1, 0.15) is 17.0 Å². The fourth-order valence-corrected chi connectivity index (χ4v) is 4.69. The van der Waals surface area contributed by atoms with Crippen LogP contribution >= 0.6 is 11.3 Å². The number of anilines is 1. The minimum absolute atomic E-state index is 0.00848. The lowest BCUT2D eigenvalue weighted by atomic mass is 10.1. The number of thiazole rings is 1. The van der Waals surface area contributed by atoms with Crippen LogP contribution in [0.4, 0.5) is 5.69 Å². The quantitative estimate of drug-likeness (QED) is 0.608. The van der Waals surface area contributed by atoms with E-state index in [1.807, 2.05) is 43.3 Å². The molecule has 0 bridgehead atoms. The number of aromatic nitrogens is 1. The van der Waals surface area contributed by atoms with Gasteiger partial charge in [-0.1, -0.05) is 6.07 Å². The summed E-state index contributed by atoms with van der Waals surface area (Å²) in [4.78, 5) is 31.4. The number of fused-ring (bicyclic) bond motifs is 1. The van der Waals surface area contributed by atoms with E-state index < -0.39 is 0 Å². The molecule has 8 heteroatoms. The van der Waals surface area contributed by atoms with Crippen LogP contribution in [-0.4, -0.2) is 49.0 Å². The lowest BCUT2D eigenvalue weighted by Gasteiger charge is -2.17. The van der Waals surface area contributed by atoms with Gasteiger partial charge in [-0.3, -0.25) is 9.59 Å². The molecule has 0 radical (unpaired) electrons. The number of carbonyl (C=O) groups excluding carboxylic acids is 2. The van der Waals surface area contributed by atoms with E-state index in [9.17, 15) is 9.59 Å². The molecule has 1 fully saturated rings. The zero-order valence-electron chi connectivity index (χ0n) is 17.8. The van der Waals surface area contributed by atoms with E-state index in [1.165, 1.54) is 0 Å². The van der Waals surface area contributed by atoms with Crippen LogP contribution in [0.2, 0.25) is 0 Å². The molecule has 7 nitrogen and oxygen atoms in total. The summed E-state index contributed by atoms with van der Waals surface area (Å²) in [5.41, 5.74) is 2.71. The van der Waals surface area contributed by atoms with E-state index in [0.717, 1.165) is 26.5 Å². The van der Waals surface area contributed by atoms with Gasteiger partial charge in [0.25, 0.3) is 0 Å². The molecular weight excluding hydrogens is 414 g/mol. The number of rotatable bonds is 7. The number of hydrogen-bond donors (Lipinski definition) is 1. The lowest BCUT2D eigenvalue weighted by molar-refractivity contribution is -0.128. The summed E-state index contributed by atoms with van der Waals surface area (Å²) in [6, 6.07) is 11.4. The van der Waals surface area contributed by atoms with Crippen molar-refractivity contribution >= 4 is 39.1 Å². The molecule has 1 N–H and O–H groups in total. The molecule has 0 saturated carbocycles. The van der Waals surface area contributed by atoms with Crippen molar-refractivity contribution in [1.29, 1.82) is 0 Å². The third kappa shape index (κ3) is 4.64. The van der Waals surface area contributed by atoms with Crippen molar-refractivity contribution in [2.75, 3.05) is 32.6 Å². The van der Waals surface area contributed by atoms with Gasteiger partial charge in [0.1, 0.15) is 0 Å². The summed E-state index contributed by atoms with van der Waals surface area (Å²) in [6.07, 6.45) is 0.918. The Morgan fingerprint density at radius 1 is 1.19 bits per heavy atom. The average molecular weight is 440 g/mol. The Morgan fingerprint density at radius 2 is 2.00 bits per heavy atom. The second kappa shape index (κ2) is 8.93. The van der Waals surface area contributed by atoms with Crippen molar-refractivity contribution in [2.24, 2.45) is 5.92 Å². The highest BCUT2D eigenvalue weighted by molar-refractivity contribution is 7.18. The molecule has 31 heavy (non-hydrogen) atoms. The van der Waals surface area contributed by atoms with E-state index >= 15 is 0 Å². The summed E-state index contributed by atoms with van der Waals surface area (Å²) >= 11 is 1.59. The maximum Gasteiger partial charge on any atom is 0.229 e. The van der Waals surface area contributed by atoms with Crippen LogP contribution < -0.4 is 14.8 Å². The van der Waals surface area contributed by atoms with Gasteiger partial charge in [-0.15, -0.1) is 11.3 Å². The Balaban J connectivity index is 1.35. The van der Waals surface area contributed by atoms with Gasteiger partial charge in [0.15, 0.2) is 11.5 Å². The highest BCUT2D eigenvalue weighted by atomic mass is 32.1. The van der Waals surface area contributed by atoms with Crippen LogP contribution in [-0.2, 0) is 16.0 Å². The molecule has 1 atom stereocenters. The topological polar surface area (TPSA) is 80.8 Å². The monoisotopic (exact) mass is 439 g/mol. The minimum Gasteiger partial charge on any atom is -0.493 e. The third-order valence-corrected chi connectivity index (χ3v) is 6.40. The van der Waals surface area contributed by atoms with Crippen molar-refractivity contribution < 1.29 is 19.1 Å². The number of nitrogens with one attached hydrogen (secondary N) is 1. The Morgan fingerprint density at radius 3 is 2.77 bits per heavy atom. The van der Waals surface area contributed by atoms with Gasteiger partial charge in [0, 0.05) is 25.2 Å². The number of carbonyl (C=O) groups is 2. The van der Waals surface area contributed by atoms with E-state index in [2.05, 4.69) is 10.3 Å². The third-order valence-electron chi connectivity index (χ3n) is 5.47. The van der Waals surface area contributed by atoms with Crippen molar-refractivity contribution in [2.45, 2.75) is 19.8 Å². The number of methoxy groups -OCH3 is 2. The first-order valence-electron chi connectivity index (χ1n) is 10.1. The van der Waals surface area contributed by atoms with E-state index in [1.54, 1.807) is 30.5 Å². The van der Waals surface area contributed by atoms with Crippen LogP contribution in [0, 0.1) is 12.8 Å². The first-order valence-corrected chi connectivity index (χ1v) is 10.9. The molecule has 0 spiro atoms. The smallest absolute Gasteiger partial charge is 0.229 e. The molecular formula is C23H25N3O4S. The number of benzene rings is 2. The normalized spacial score (nSPS) is 16.0. The molecule has 2 heterocycles. The number of likely N-dealkylation sites (tertiary alicyclic amines) is 1. The molecule has 2 amide bonds. The summed E-state index contributed by atoms with van der Waals surface area (Å²) < 4.78 is 11.6. The first-order chi connectivity index (χ1) is 15.0. The van der Waals surface area contributed by atoms with Gasteiger partial charge < -0.3 is 19.7 Å². The van der Waals surface area contributed by atoms with Gasteiger partial charge in [-0.2, -0.15) is 0 Å². The Kier molecular flexibility index (Phi) is 6.08. The van der Waals surface area contributed by atoms with E-state index in [0.29, 0.717) is 31.0 Å². The molecule has 1 aromatic heterocycles. The van der Waals surface area contributed by atoms with Crippen molar-refractivity contribution in [3.63, 3.8) is 0 Å². The summed E-state index contributed by atoms with van der Waals surface area (Å²) in [5, 5.41) is 3.95. The second-order valence-electron chi connectivity index (χ2n) is 7.58. The fourth-order valence-electron chi connectivity index (χ4n) is 3.83. The first kappa shape index (κ1) is 21.1. The number of amides is 2. The Hall–Kier alpha value is -3.13. The summed E-state index contributed by atoms with van der Waals surface area (Å²) in [5.74, 6) is 0.874. The molecule has 1 saturated heterocycles. The van der Waals surface area contributed by atoms with E-state index in [4.69, 9.17) is 9.47 Å².